The zero-order chi connectivity index (χ0) is 21.0. The van der Waals surface area contributed by atoms with E-state index in [1.807, 2.05) is 0 Å². The molecule has 3 rings (SSSR count). The molecule has 2 heterocycles. The number of aromatic nitrogens is 1. The summed E-state index contributed by atoms with van der Waals surface area (Å²) in [6.45, 7) is 5.10. The van der Waals surface area contributed by atoms with E-state index < -0.39 is 21.9 Å². The normalized spacial score (nSPS) is 15.2. The molecule has 1 aromatic heterocycles. The van der Waals surface area contributed by atoms with Crippen molar-refractivity contribution in [2.45, 2.75) is 0 Å². The van der Waals surface area contributed by atoms with Crippen molar-refractivity contribution < 1.29 is 23.1 Å². The topological polar surface area (TPSA) is 147 Å². The third kappa shape index (κ3) is 5.01. The van der Waals surface area contributed by atoms with E-state index in [1.54, 1.807) is 24.3 Å². The van der Waals surface area contributed by atoms with Gasteiger partial charge in [0.05, 0.1) is 0 Å². The molecule has 0 aliphatic carbocycles. The molecular formula is C18H23N5O5S. The maximum absolute atomic E-state index is 12.3. The molecule has 0 spiro atoms. The van der Waals surface area contributed by atoms with Crippen molar-refractivity contribution in [3.8, 4) is 11.1 Å². The van der Waals surface area contributed by atoms with E-state index in [0.29, 0.717) is 21.6 Å². The second-order valence-corrected chi connectivity index (χ2v) is 8.07. The molecule has 0 saturated carbocycles. The monoisotopic (exact) mass is 421 g/mol. The van der Waals surface area contributed by atoms with Gasteiger partial charge < -0.3 is 15.7 Å². The molecule has 29 heavy (non-hydrogen) atoms. The Bertz CT molecular complexity index is 994. The average Bonchev–Trinajstić information content (AvgIpc) is 3.15. The molecule has 5 N–H and O–H groups in total. The third-order valence-electron chi connectivity index (χ3n) is 4.71. The minimum atomic E-state index is -4.24. The van der Waals surface area contributed by atoms with Crippen LogP contribution in [0.15, 0.2) is 36.5 Å². The van der Waals surface area contributed by atoms with E-state index in [1.165, 1.54) is 6.07 Å². The van der Waals surface area contributed by atoms with Gasteiger partial charge in [-0.25, -0.2) is 13.9 Å². The van der Waals surface area contributed by atoms with Crippen molar-refractivity contribution >= 4 is 22.1 Å². The van der Waals surface area contributed by atoms with Crippen LogP contribution in [0, 0.1) is 0 Å². The van der Waals surface area contributed by atoms with Gasteiger partial charge in [0.2, 0.25) is 0 Å². The lowest BCUT2D eigenvalue weighted by molar-refractivity contribution is 0.0689. The molecule has 2 aromatic rings. The molecule has 10 nitrogen and oxygen atoms in total. The molecular weight excluding hydrogens is 398 g/mol. The molecule has 1 aliphatic rings. The average molecular weight is 421 g/mol. The lowest BCUT2D eigenvalue weighted by atomic mass is 10.0. The first kappa shape index (κ1) is 21.0. The molecule has 0 atom stereocenters. The molecule has 0 radical (unpaired) electrons. The number of hydrogen-bond acceptors (Lipinski definition) is 6. The summed E-state index contributed by atoms with van der Waals surface area (Å²) in [6.07, 6.45) is 1.09. The molecule has 1 amide bonds. The fraction of sp³-hybridized carbons (Fsp3) is 0.333. The highest BCUT2D eigenvalue weighted by atomic mass is 32.2. The maximum atomic E-state index is 12.3. The van der Waals surface area contributed by atoms with Crippen LogP contribution in [0.3, 0.4) is 0 Å². The van der Waals surface area contributed by atoms with Crippen LogP contribution >= 0.6 is 0 Å². The Kier molecular flexibility index (Phi) is 6.33. The molecule has 1 fully saturated rings. The summed E-state index contributed by atoms with van der Waals surface area (Å²) in [6, 6.07) is 7.63. The first-order chi connectivity index (χ1) is 13.8. The zero-order valence-electron chi connectivity index (χ0n) is 15.7. The molecule has 0 unspecified atom stereocenters. The number of hydrogen-bond donors (Lipinski definition) is 4. The third-order valence-corrected chi connectivity index (χ3v) is 5.56. The van der Waals surface area contributed by atoms with Crippen LogP contribution in [-0.4, -0.2) is 73.5 Å². The van der Waals surface area contributed by atoms with E-state index in [2.05, 4.69) is 15.5 Å². The van der Waals surface area contributed by atoms with E-state index >= 15 is 0 Å². The summed E-state index contributed by atoms with van der Waals surface area (Å²) in [4.78, 5) is 26.1. The number of carbonyl (C=O) groups is 2. The SMILES string of the molecule is NS(=O)(=O)n1ccc(-c2ccc(C(=O)NCCN3CCNCC3)cc2)c1C(=O)O. The number of carboxylic acid groups (broad SMARTS) is 1. The number of benzene rings is 1. The number of carboxylic acids is 1. The number of nitrogens with one attached hydrogen (secondary N) is 2. The number of carbonyl (C=O) groups excluding carboxylic acids is 1. The van der Waals surface area contributed by atoms with Gasteiger partial charge in [-0.15, -0.1) is 0 Å². The summed E-state index contributed by atoms with van der Waals surface area (Å²) >= 11 is 0. The number of nitrogens with two attached hydrogens (primary N) is 1. The van der Waals surface area contributed by atoms with Gasteiger partial charge in [-0.3, -0.25) is 9.69 Å². The summed E-state index contributed by atoms with van der Waals surface area (Å²) < 4.78 is 23.7. The highest BCUT2D eigenvalue weighted by molar-refractivity contribution is 7.87. The molecule has 156 valence electrons. The van der Waals surface area contributed by atoms with E-state index in [9.17, 15) is 23.1 Å². The molecule has 0 bridgehead atoms. The number of rotatable bonds is 7. The van der Waals surface area contributed by atoms with Crippen LogP contribution in [0.2, 0.25) is 0 Å². The summed E-state index contributed by atoms with van der Waals surface area (Å²) in [5.41, 5.74) is 0.622. The van der Waals surface area contributed by atoms with Gasteiger partial charge in [0.1, 0.15) is 0 Å². The first-order valence-electron chi connectivity index (χ1n) is 9.07. The minimum absolute atomic E-state index is 0.192. The Morgan fingerprint density at radius 2 is 1.79 bits per heavy atom. The molecule has 1 aliphatic heterocycles. The Labute approximate surface area is 168 Å². The second-order valence-electron chi connectivity index (χ2n) is 6.65. The number of amides is 1. The van der Waals surface area contributed by atoms with Crippen molar-refractivity contribution in [3.05, 3.63) is 47.8 Å². The smallest absolute Gasteiger partial charge is 0.354 e. The summed E-state index contributed by atoms with van der Waals surface area (Å²) in [7, 11) is -4.24. The first-order valence-corrected chi connectivity index (χ1v) is 10.6. The van der Waals surface area contributed by atoms with Gasteiger partial charge in [-0.2, -0.15) is 8.42 Å². The van der Waals surface area contributed by atoms with Gasteiger partial charge in [0, 0.05) is 56.6 Å². The minimum Gasteiger partial charge on any atom is -0.477 e. The van der Waals surface area contributed by atoms with Crippen LogP contribution < -0.4 is 15.8 Å². The van der Waals surface area contributed by atoms with E-state index in [-0.39, 0.29) is 11.5 Å². The Hall–Kier alpha value is -2.73. The van der Waals surface area contributed by atoms with Crippen molar-refractivity contribution in [1.82, 2.24) is 19.5 Å². The fourth-order valence-corrected chi connectivity index (χ4v) is 3.90. The molecule has 1 saturated heterocycles. The highest BCUT2D eigenvalue weighted by Gasteiger charge is 2.23. The van der Waals surface area contributed by atoms with E-state index in [0.717, 1.165) is 38.9 Å². The van der Waals surface area contributed by atoms with E-state index in [4.69, 9.17) is 5.14 Å². The maximum Gasteiger partial charge on any atom is 0.354 e. The van der Waals surface area contributed by atoms with Crippen LogP contribution in [0.1, 0.15) is 20.8 Å². The van der Waals surface area contributed by atoms with Crippen molar-refractivity contribution in [2.24, 2.45) is 5.14 Å². The van der Waals surface area contributed by atoms with Crippen molar-refractivity contribution in [1.29, 1.82) is 0 Å². The lowest BCUT2D eigenvalue weighted by Crippen LogP contribution is -2.46. The zero-order valence-corrected chi connectivity index (χ0v) is 16.5. The van der Waals surface area contributed by atoms with Gasteiger partial charge in [0.15, 0.2) is 5.69 Å². The second kappa shape index (κ2) is 8.74. The quantitative estimate of drug-likeness (QED) is 0.473. The van der Waals surface area contributed by atoms with Gasteiger partial charge in [0.25, 0.3) is 5.91 Å². The standard InChI is InChI=1S/C18H23N5O5S/c19-29(27,28)23-9-5-15(16(23)18(25)26)13-1-3-14(4-2-13)17(24)21-8-12-22-10-6-20-7-11-22/h1-5,9,20H,6-8,10-12H2,(H,21,24)(H,25,26)(H2,19,27,28). The predicted molar refractivity (Wildman–Crippen MR) is 107 cm³/mol. The van der Waals surface area contributed by atoms with Crippen LogP contribution in [0.25, 0.3) is 11.1 Å². The number of piperazine rings is 1. The lowest BCUT2D eigenvalue weighted by Gasteiger charge is -2.27. The largest absolute Gasteiger partial charge is 0.477 e. The van der Waals surface area contributed by atoms with Crippen molar-refractivity contribution in [3.63, 3.8) is 0 Å². The Balaban J connectivity index is 1.69. The Morgan fingerprint density at radius 3 is 2.38 bits per heavy atom. The molecule has 1 aromatic carbocycles. The number of nitrogens with zero attached hydrogens (tertiary/aromatic N) is 2. The van der Waals surface area contributed by atoms with Gasteiger partial charge in [-0.05, 0) is 23.8 Å². The summed E-state index contributed by atoms with van der Waals surface area (Å²) in [5.74, 6) is -1.65. The van der Waals surface area contributed by atoms with Crippen molar-refractivity contribution in [2.75, 3.05) is 39.3 Å². The van der Waals surface area contributed by atoms with Crippen LogP contribution in [0.4, 0.5) is 0 Å². The summed E-state index contributed by atoms with van der Waals surface area (Å²) in [5, 5.41) is 20.6. The highest BCUT2D eigenvalue weighted by Crippen LogP contribution is 2.26. The van der Waals surface area contributed by atoms with Gasteiger partial charge in [-0.1, -0.05) is 12.1 Å². The predicted octanol–water partition coefficient (Wildman–Crippen LogP) is -0.460. The molecule has 11 heteroatoms. The van der Waals surface area contributed by atoms with Gasteiger partial charge >= 0.3 is 16.2 Å². The van der Waals surface area contributed by atoms with Crippen LogP contribution in [0.5, 0.6) is 0 Å². The fourth-order valence-electron chi connectivity index (χ4n) is 3.23. The number of aromatic carboxylic acids is 1. The van der Waals surface area contributed by atoms with Crippen LogP contribution in [-0.2, 0) is 10.2 Å². The Morgan fingerprint density at radius 1 is 1.14 bits per heavy atom.